The van der Waals surface area contributed by atoms with Crippen LogP contribution in [0.5, 0.6) is 0 Å². The zero-order chi connectivity index (χ0) is 14.9. The van der Waals surface area contributed by atoms with Gasteiger partial charge >= 0.3 is 0 Å². The Bertz CT molecular complexity index is 430. The molecule has 1 saturated carbocycles. The van der Waals surface area contributed by atoms with Gasteiger partial charge in [0, 0.05) is 12.6 Å². The van der Waals surface area contributed by atoms with Crippen molar-refractivity contribution in [1.82, 2.24) is 25.3 Å². The summed E-state index contributed by atoms with van der Waals surface area (Å²) in [4.78, 5) is 2.31. The molecule has 0 aromatic carbocycles. The summed E-state index contributed by atoms with van der Waals surface area (Å²) in [5.41, 5.74) is 4.03. The third-order valence-electron chi connectivity index (χ3n) is 4.83. The van der Waals surface area contributed by atoms with E-state index in [2.05, 4.69) is 57.6 Å². The van der Waals surface area contributed by atoms with Crippen LogP contribution in [-0.4, -0.2) is 39.5 Å². The van der Waals surface area contributed by atoms with Crippen molar-refractivity contribution >= 4 is 15.9 Å². The molecule has 3 N–H and O–H groups in total. The number of halogens is 1. The minimum atomic E-state index is -0.000741. The molecule has 0 aliphatic heterocycles. The number of likely N-dealkylation sites (N-methyl/N-ethyl adjacent to an activating group) is 1. The Kier molecular flexibility index (Phi) is 4.84. The van der Waals surface area contributed by atoms with E-state index in [1.807, 2.05) is 7.05 Å². The predicted molar refractivity (Wildman–Crippen MR) is 82.8 cm³/mol. The Morgan fingerprint density at radius 2 is 2.05 bits per heavy atom. The van der Waals surface area contributed by atoms with Gasteiger partial charge in [-0.3, -0.25) is 5.84 Å². The van der Waals surface area contributed by atoms with Gasteiger partial charge in [0.05, 0.1) is 11.7 Å². The molecule has 0 radical (unpaired) electrons. The summed E-state index contributed by atoms with van der Waals surface area (Å²) in [5.74, 6) is 6.71. The first-order chi connectivity index (χ1) is 9.42. The van der Waals surface area contributed by atoms with E-state index in [9.17, 15) is 0 Å². The number of hydrogen-bond donors (Lipinski definition) is 2. The number of nitrogens with two attached hydrogens (primary N) is 1. The van der Waals surface area contributed by atoms with Gasteiger partial charge in [-0.1, -0.05) is 12.1 Å². The molecular formula is C13H25BrN6. The topological polar surface area (TPSA) is 72.0 Å². The number of hydrazine groups is 1. The quantitative estimate of drug-likeness (QED) is 0.641. The third kappa shape index (κ3) is 2.64. The molecule has 0 bridgehead atoms. The standard InChI is InChI=1S/C13H25BrN6/c1-9-5-7-13(8-6-9,19(2)3)11(16-15)10-12(14)17-18-20(10)4/h9,11,16H,5-8,15H2,1-4H3. The first-order valence-corrected chi connectivity index (χ1v) is 7.90. The molecular weight excluding hydrogens is 320 g/mol. The van der Waals surface area contributed by atoms with E-state index in [4.69, 9.17) is 5.84 Å². The van der Waals surface area contributed by atoms with E-state index in [-0.39, 0.29) is 11.6 Å². The van der Waals surface area contributed by atoms with Crippen LogP contribution >= 0.6 is 15.9 Å². The van der Waals surface area contributed by atoms with Crippen LogP contribution in [0.1, 0.15) is 44.3 Å². The van der Waals surface area contributed by atoms with Crippen molar-refractivity contribution in [2.75, 3.05) is 14.1 Å². The molecule has 114 valence electrons. The smallest absolute Gasteiger partial charge is 0.153 e. The molecule has 1 aliphatic carbocycles. The lowest BCUT2D eigenvalue weighted by Gasteiger charge is -2.49. The third-order valence-corrected chi connectivity index (χ3v) is 5.40. The number of hydrogen-bond acceptors (Lipinski definition) is 5. The van der Waals surface area contributed by atoms with Gasteiger partial charge in [-0.05, 0) is 61.6 Å². The predicted octanol–water partition coefficient (Wildman–Crippen LogP) is 1.59. The largest absolute Gasteiger partial charge is 0.302 e. The van der Waals surface area contributed by atoms with Crippen molar-refractivity contribution in [2.45, 2.75) is 44.2 Å². The minimum absolute atomic E-state index is 0.000579. The maximum Gasteiger partial charge on any atom is 0.153 e. The van der Waals surface area contributed by atoms with Crippen LogP contribution in [0.2, 0.25) is 0 Å². The molecule has 1 fully saturated rings. The second-order valence-electron chi connectivity index (χ2n) is 6.17. The van der Waals surface area contributed by atoms with Crippen molar-refractivity contribution in [3.8, 4) is 0 Å². The maximum absolute atomic E-state index is 5.92. The van der Waals surface area contributed by atoms with Crippen molar-refractivity contribution in [3.05, 3.63) is 10.3 Å². The second-order valence-corrected chi connectivity index (χ2v) is 6.92. The molecule has 20 heavy (non-hydrogen) atoms. The van der Waals surface area contributed by atoms with Gasteiger partial charge in [0.2, 0.25) is 0 Å². The van der Waals surface area contributed by atoms with Gasteiger partial charge in [-0.25, -0.2) is 10.1 Å². The molecule has 1 heterocycles. The Labute approximate surface area is 129 Å². The zero-order valence-corrected chi connectivity index (χ0v) is 14.3. The van der Waals surface area contributed by atoms with E-state index in [0.29, 0.717) is 0 Å². The molecule has 7 heteroatoms. The average molecular weight is 345 g/mol. The SMILES string of the molecule is CC1CCC(C(NN)c2c(Br)nnn2C)(N(C)C)CC1. The summed E-state index contributed by atoms with van der Waals surface area (Å²) in [7, 11) is 6.18. The van der Waals surface area contributed by atoms with E-state index in [1.165, 1.54) is 12.8 Å². The molecule has 2 rings (SSSR count). The van der Waals surface area contributed by atoms with Crippen molar-refractivity contribution in [1.29, 1.82) is 0 Å². The maximum atomic E-state index is 5.92. The lowest BCUT2D eigenvalue weighted by atomic mass is 9.71. The summed E-state index contributed by atoms with van der Waals surface area (Å²) in [5, 5.41) is 8.19. The summed E-state index contributed by atoms with van der Waals surface area (Å²) in [6.45, 7) is 2.33. The second kappa shape index (κ2) is 6.09. The molecule has 0 spiro atoms. The number of rotatable bonds is 4. The summed E-state index contributed by atoms with van der Waals surface area (Å²) in [6, 6.07) is -0.000579. The Balaban J connectivity index is 2.41. The Morgan fingerprint density at radius 3 is 2.45 bits per heavy atom. The fourth-order valence-corrected chi connectivity index (χ4v) is 3.95. The van der Waals surface area contributed by atoms with E-state index >= 15 is 0 Å². The molecule has 0 amide bonds. The first kappa shape index (κ1) is 15.9. The fourth-order valence-electron chi connectivity index (χ4n) is 3.39. The molecule has 1 aromatic rings. The number of aryl methyl sites for hydroxylation is 1. The van der Waals surface area contributed by atoms with E-state index in [0.717, 1.165) is 29.1 Å². The van der Waals surface area contributed by atoms with Crippen LogP contribution in [0.4, 0.5) is 0 Å². The highest BCUT2D eigenvalue weighted by atomic mass is 79.9. The molecule has 1 unspecified atom stereocenters. The number of aromatic nitrogens is 3. The molecule has 1 aromatic heterocycles. The van der Waals surface area contributed by atoms with Crippen molar-refractivity contribution in [3.63, 3.8) is 0 Å². The van der Waals surface area contributed by atoms with Crippen LogP contribution in [0, 0.1) is 5.92 Å². The Hall–Kier alpha value is -0.500. The van der Waals surface area contributed by atoms with Crippen molar-refractivity contribution in [2.24, 2.45) is 18.8 Å². The molecule has 1 atom stereocenters. The Morgan fingerprint density at radius 1 is 1.45 bits per heavy atom. The van der Waals surface area contributed by atoms with Gasteiger partial charge in [0.15, 0.2) is 4.60 Å². The highest BCUT2D eigenvalue weighted by Gasteiger charge is 2.45. The number of nitrogens with zero attached hydrogens (tertiary/aromatic N) is 4. The average Bonchev–Trinajstić information content (AvgIpc) is 2.73. The van der Waals surface area contributed by atoms with Crippen LogP contribution in [0.15, 0.2) is 4.60 Å². The van der Waals surface area contributed by atoms with Gasteiger partial charge in [0.25, 0.3) is 0 Å². The van der Waals surface area contributed by atoms with Gasteiger partial charge in [-0.15, -0.1) is 5.10 Å². The van der Waals surface area contributed by atoms with Crippen LogP contribution in [0.25, 0.3) is 0 Å². The summed E-state index contributed by atoms with van der Waals surface area (Å²) >= 11 is 3.50. The fraction of sp³-hybridized carbons (Fsp3) is 0.846. The summed E-state index contributed by atoms with van der Waals surface area (Å²) < 4.78 is 2.57. The van der Waals surface area contributed by atoms with E-state index in [1.54, 1.807) is 4.68 Å². The van der Waals surface area contributed by atoms with Crippen LogP contribution < -0.4 is 11.3 Å². The lowest BCUT2D eigenvalue weighted by Crippen LogP contribution is -2.57. The van der Waals surface area contributed by atoms with Gasteiger partial charge in [-0.2, -0.15) is 0 Å². The number of nitrogens with one attached hydrogen (secondary N) is 1. The van der Waals surface area contributed by atoms with Gasteiger partial charge in [0.1, 0.15) is 0 Å². The lowest BCUT2D eigenvalue weighted by molar-refractivity contribution is 0.0398. The zero-order valence-electron chi connectivity index (χ0n) is 12.7. The van der Waals surface area contributed by atoms with Crippen molar-refractivity contribution < 1.29 is 0 Å². The molecule has 6 nitrogen and oxygen atoms in total. The van der Waals surface area contributed by atoms with Crippen LogP contribution in [-0.2, 0) is 7.05 Å². The normalized spacial score (nSPS) is 28.9. The highest BCUT2D eigenvalue weighted by molar-refractivity contribution is 9.10. The first-order valence-electron chi connectivity index (χ1n) is 7.11. The van der Waals surface area contributed by atoms with Crippen LogP contribution in [0.3, 0.4) is 0 Å². The molecule has 0 saturated heterocycles. The van der Waals surface area contributed by atoms with Gasteiger partial charge < -0.3 is 4.90 Å². The minimum Gasteiger partial charge on any atom is -0.302 e. The highest BCUT2D eigenvalue weighted by Crippen LogP contribution is 2.44. The monoisotopic (exact) mass is 344 g/mol. The summed E-state index contributed by atoms with van der Waals surface area (Å²) in [6.07, 6.45) is 4.68. The van der Waals surface area contributed by atoms with E-state index < -0.39 is 0 Å². The molecule has 1 aliphatic rings.